The van der Waals surface area contributed by atoms with Crippen molar-refractivity contribution in [3.8, 4) is 5.95 Å². The van der Waals surface area contributed by atoms with Crippen LogP contribution in [0.5, 0.6) is 0 Å². The molecule has 3 heterocycles. The number of piperidine rings is 1. The van der Waals surface area contributed by atoms with Gasteiger partial charge in [0.15, 0.2) is 0 Å². The second kappa shape index (κ2) is 6.44. The van der Waals surface area contributed by atoms with Gasteiger partial charge in [-0.1, -0.05) is 6.92 Å². The summed E-state index contributed by atoms with van der Waals surface area (Å²) in [6.45, 7) is 8.22. The summed E-state index contributed by atoms with van der Waals surface area (Å²) in [6, 6.07) is 4.52. The Morgan fingerprint density at radius 3 is 2.82 bits per heavy atom. The molecule has 0 aliphatic carbocycles. The lowest BCUT2D eigenvalue weighted by Crippen LogP contribution is -2.38. The van der Waals surface area contributed by atoms with E-state index in [2.05, 4.69) is 32.6 Å². The molecule has 22 heavy (non-hydrogen) atoms. The second-order valence-electron chi connectivity index (χ2n) is 5.92. The molecule has 0 amide bonds. The maximum Gasteiger partial charge on any atom is 0.252 e. The first-order valence-corrected chi connectivity index (χ1v) is 8.04. The summed E-state index contributed by atoms with van der Waals surface area (Å²) in [5.41, 5.74) is 3.06. The van der Waals surface area contributed by atoms with Gasteiger partial charge in [-0.3, -0.25) is 0 Å². The molecule has 0 aromatic carbocycles. The third kappa shape index (κ3) is 3.27. The van der Waals surface area contributed by atoms with Crippen LogP contribution in [-0.2, 0) is 6.42 Å². The fraction of sp³-hybridized carbons (Fsp3) is 0.562. The number of aromatic nitrogens is 4. The maximum atomic E-state index is 4.67. The van der Waals surface area contributed by atoms with Gasteiger partial charge in [-0.05, 0) is 45.7 Å². The first kappa shape index (κ1) is 15.0. The minimum absolute atomic E-state index is 0.432. The van der Waals surface area contributed by atoms with E-state index < -0.39 is 0 Å². The molecule has 1 atom stereocenters. The quantitative estimate of drug-likeness (QED) is 0.904. The summed E-state index contributed by atoms with van der Waals surface area (Å²) < 4.78 is 1.82. The molecule has 2 aromatic heterocycles. The summed E-state index contributed by atoms with van der Waals surface area (Å²) >= 11 is 0. The van der Waals surface area contributed by atoms with Crippen molar-refractivity contribution in [3.63, 3.8) is 0 Å². The Labute approximate surface area is 131 Å². The average Bonchev–Trinajstić information content (AvgIpc) is 2.86. The van der Waals surface area contributed by atoms with Crippen LogP contribution in [0.4, 0.5) is 5.82 Å². The first-order chi connectivity index (χ1) is 10.7. The molecule has 118 valence electrons. The normalized spacial score (nSPS) is 18.4. The van der Waals surface area contributed by atoms with Crippen molar-refractivity contribution >= 4 is 5.82 Å². The number of anilines is 1. The lowest BCUT2D eigenvalue weighted by atomic mass is 10.1. The van der Waals surface area contributed by atoms with Crippen LogP contribution in [0.1, 0.15) is 36.8 Å². The van der Waals surface area contributed by atoms with E-state index in [9.17, 15) is 0 Å². The van der Waals surface area contributed by atoms with Gasteiger partial charge in [0.25, 0.3) is 5.95 Å². The molecule has 0 saturated carbocycles. The molecule has 0 bridgehead atoms. The zero-order chi connectivity index (χ0) is 15.5. The minimum atomic E-state index is 0.432. The third-order valence-electron chi connectivity index (χ3n) is 3.98. The largest absolute Gasteiger partial charge is 0.366 e. The van der Waals surface area contributed by atoms with Crippen LogP contribution >= 0.6 is 0 Å². The molecule has 2 N–H and O–H groups in total. The van der Waals surface area contributed by atoms with Crippen LogP contribution in [-0.4, -0.2) is 38.9 Å². The summed E-state index contributed by atoms with van der Waals surface area (Å²) in [5.74, 6) is 1.54. The number of hydrogen-bond donors (Lipinski definition) is 2. The number of hydrogen-bond acceptors (Lipinski definition) is 5. The zero-order valence-electron chi connectivity index (χ0n) is 13.6. The van der Waals surface area contributed by atoms with E-state index in [-0.39, 0.29) is 0 Å². The van der Waals surface area contributed by atoms with Crippen molar-refractivity contribution in [1.29, 1.82) is 0 Å². The van der Waals surface area contributed by atoms with Crippen molar-refractivity contribution in [2.24, 2.45) is 0 Å². The van der Waals surface area contributed by atoms with Gasteiger partial charge in [0, 0.05) is 30.0 Å². The van der Waals surface area contributed by atoms with E-state index in [1.165, 1.54) is 12.8 Å². The van der Waals surface area contributed by atoms with Crippen molar-refractivity contribution in [1.82, 2.24) is 25.1 Å². The second-order valence-corrected chi connectivity index (χ2v) is 5.92. The van der Waals surface area contributed by atoms with Gasteiger partial charge in [0.05, 0.1) is 5.69 Å². The Kier molecular flexibility index (Phi) is 4.38. The van der Waals surface area contributed by atoms with Crippen LogP contribution in [0, 0.1) is 13.8 Å². The molecule has 0 spiro atoms. The molecule has 1 fully saturated rings. The van der Waals surface area contributed by atoms with Crippen LogP contribution in [0.25, 0.3) is 5.95 Å². The Morgan fingerprint density at radius 2 is 2.18 bits per heavy atom. The van der Waals surface area contributed by atoms with Crippen molar-refractivity contribution in [3.05, 3.63) is 29.2 Å². The van der Waals surface area contributed by atoms with Gasteiger partial charge in [-0.25, -0.2) is 9.67 Å². The number of nitrogens with one attached hydrogen (secondary N) is 2. The fourth-order valence-electron chi connectivity index (χ4n) is 2.85. The molecule has 3 rings (SSSR count). The van der Waals surface area contributed by atoms with Crippen LogP contribution < -0.4 is 10.6 Å². The molecule has 1 saturated heterocycles. The summed E-state index contributed by atoms with van der Waals surface area (Å²) in [6.07, 6.45) is 3.26. The SMILES string of the molecule is CCc1cc(NC2CCCNC2)nc(-n2nc(C)cc2C)n1. The highest BCUT2D eigenvalue weighted by Gasteiger charge is 2.15. The van der Waals surface area contributed by atoms with Gasteiger partial charge in [0.2, 0.25) is 0 Å². The van der Waals surface area contributed by atoms with Gasteiger partial charge < -0.3 is 10.6 Å². The van der Waals surface area contributed by atoms with Crippen LogP contribution in [0.15, 0.2) is 12.1 Å². The lowest BCUT2D eigenvalue weighted by molar-refractivity contribution is 0.479. The van der Waals surface area contributed by atoms with Gasteiger partial charge >= 0.3 is 0 Å². The predicted octanol–water partition coefficient (Wildman–Crippen LogP) is 2.01. The van der Waals surface area contributed by atoms with Gasteiger partial charge in [0.1, 0.15) is 5.82 Å². The minimum Gasteiger partial charge on any atom is -0.366 e. The van der Waals surface area contributed by atoms with E-state index in [4.69, 9.17) is 0 Å². The Hall–Kier alpha value is -1.95. The van der Waals surface area contributed by atoms with E-state index in [1.807, 2.05) is 30.7 Å². The highest BCUT2D eigenvalue weighted by atomic mass is 15.4. The van der Waals surface area contributed by atoms with E-state index in [0.717, 1.165) is 42.4 Å². The molecule has 6 nitrogen and oxygen atoms in total. The third-order valence-corrected chi connectivity index (χ3v) is 3.98. The van der Waals surface area contributed by atoms with E-state index >= 15 is 0 Å². The molecule has 1 unspecified atom stereocenters. The molecule has 1 aliphatic heterocycles. The van der Waals surface area contributed by atoms with E-state index in [0.29, 0.717) is 12.0 Å². The molecule has 0 radical (unpaired) electrons. The van der Waals surface area contributed by atoms with Gasteiger partial charge in [-0.15, -0.1) is 0 Å². The maximum absolute atomic E-state index is 4.67. The van der Waals surface area contributed by atoms with Crippen LogP contribution in [0.2, 0.25) is 0 Å². The highest BCUT2D eigenvalue weighted by molar-refractivity contribution is 5.40. The fourth-order valence-corrected chi connectivity index (χ4v) is 2.85. The number of nitrogens with zero attached hydrogens (tertiary/aromatic N) is 4. The monoisotopic (exact) mass is 300 g/mol. The van der Waals surface area contributed by atoms with Gasteiger partial charge in [-0.2, -0.15) is 10.1 Å². The van der Waals surface area contributed by atoms with Crippen molar-refractivity contribution in [2.75, 3.05) is 18.4 Å². The Morgan fingerprint density at radius 1 is 1.32 bits per heavy atom. The Balaban J connectivity index is 1.90. The molecule has 2 aromatic rings. The number of rotatable bonds is 4. The molecular formula is C16H24N6. The number of aryl methyl sites for hydroxylation is 3. The standard InChI is InChI=1S/C16H24N6/c1-4-13-9-15(18-14-6-5-7-17-10-14)20-16(19-13)22-12(3)8-11(2)21-22/h8-9,14,17H,4-7,10H2,1-3H3,(H,18,19,20). The highest BCUT2D eigenvalue weighted by Crippen LogP contribution is 2.15. The van der Waals surface area contributed by atoms with E-state index in [1.54, 1.807) is 0 Å². The lowest BCUT2D eigenvalue weighted by Gasteiger charge is -2.24. The summed E-state index contributed by atoms with van der Waals surface area (Å²) in [4.78, 5) is 9.29. The topological polar surface area (TPSA) is 67.7 Å². The van der Waals surface area contributed by atoms with Crippen molar-refractivity contribution < 1.29 is 0 Å². The molecule has 6 heteroatoms. The first-order valence-electron chi connectivity index (χ1n) is 8.04. The summed E-state index contributed by atoms with van der Waals surface area (Å²) in [5, 5.41) is 11.5. The smallest absolute Gasteiger partial charge is 0.252 e. The summed E-state index contributed by atoms with van der Waals surface area (Å²) in [7, 11) is 0. The predicted molar refractivity (Wildman–Crippen MR) is 87.5 cm³/mol. The average molecular weight is 300 g/mol. The van der Waals surface area contributed by atoms with Crippen LogP contribution in [0.3, 0.4) is 0 Å². The molecule has 1 aliphatic rings. The Bertz CT molecular complexity index is 642. The van der Waals surface area contributed by atoms with Crippen molar-refractivity contribution in [2.45, 2.75) is 46.1 Å². The molecular weight excluding hydrogens is 276 g/mol. The zero-order valence-corrected chi connectivity index (χ0v) is 13.6.